The average Bonchev–Trinajstić information content (AvgIpc) is 3.28. The summed E-state index contributed by atoms with van der Waals surface area (Å²) in [4.78, 5) is 0. The summed E-state index contributed by atoms with van der Waals surface area (Å²) in [6, 6.07) is 12.4. The predicted octanol–water partition coefficient (Wildman–Crippen LogP) is -0.921. The monoisotopic (exact) mass is 533 g/mol. The number of aromatic hydroxyl groups is 1. The smallest absolute Gasteiger partial charge is 1.00 e. The van der Waals surface area contributed by atoms with Crippen LogP contribution in [0.4, 0.5) is 0 Å². The molecule has 0 saturated heterocycles. The van der Waals surface area contributed by atoms with E-state index in [0.717, 1.165) is 6.42 Å². The maximum atomic E-state index is 11.2. The zero-order valence-corrected chi connectivity index (χ0v) is 23.2. The number of benzene rings is 2. The largest absolute Gasteiger partial charge is 3.00 e. The zero-order valence-electron chi connectivity index (χ0n) is 17.2. The van der Waals surface area contributed by atoms with E-state index in [9.17, 15) is 5.11 Å². The molecule has 2 bridgehead atoms. The van der Waals surface area contributed by atoms with Gasteiger partial charge < -0.3 is 29.9 Å². The van der Waals surface area contributed by atoms with Crippen LogP contribution in [0.3, 0.4) is 0 Å². The van der Waals surface area contributed by atoms with E-state index in [1.54, 1.807) is 0 Å². The summed E-state index contributed by atoms with van der Waals surface area (Å²) in [6.07, 6.45) is 7.66. The van der Waals surface area contributed by atoms with Gasteiger partial charge in [-0.1, -0.05) is 79.8 Å². The number of hydrogen-bond acceptors (Lipinski definition) is 1. The number of halogens is 2. The van der Waals surface area contributed by atoms with Gasteiger partial charge in [0.15, 0.2) is 0 Å². The second-order valence-electron chi connectivity index (χ2n) is 8.68. The van der Waals surface area contributed by atoms with E-state index < -0.39 is 15.2 Å². The van der Waals surface area contributed by atoms with Gasteiger partial charge in [-0.15, -0.1) is 33.7 Å². The fraction of sp³-hybridized carbons (Fsp3) is 0.261. The van der Waals surface area contributed by atoms with Gasteiger partial charge in [-0.2, -0.15) is 0 Å². The van der Waals surface area contributed by atoms with Crippen molar-refractivity contribution in [3.05, 3.63) is 54.1 Å². The quantitative estimate of drug-likeness (QED) is 0.340. The van der Waals surface area contributed by atoms with Crippen LogP contribution in [0.15, 0.2) is 48.6 Å². The molecule has 1 unspecified atom stereocenters. The van der Waals surface area contributed by atoms with E-state index in [2.05, 4.69) is 75.1 Å². The predicted molar refractivity (Wildman–Crippen MR) is 119 cm³/mol. The summed E-state index contributed by atoms with van der Waals surface area (Å²) in [5.74, 6) is 0.624. The second-order valence-corrected chi connectivity index (χ2v) is 23.5. The van der Waals surface area contributed by atoms with Gasteiger partial charge in [0.25, 0.3) is 0 Å². The van der Waals surface area contributed by atoms with Gasteiger partial charge in [-0.05, 0) is 17.2 Å². The first-order chi connectivity index (χ1) is 12.4. The van der Waals surface area contributed by atoms with Crippen molar-refractivity contribution in [1.29, 1.82) is 0 Å². The first-order valence-corrected chi connectivity index (χ1v) is 16.4. The fourth-order valence-electron chi connectivity index (χ4n) is 5.23. The van der Waals surface area contributed by atoms with Crippen molar-refractivity contribution < 1.29 is 56.1 Å². The number of allylic oxidation sites excluding steroid dienone is 4. The van der Waals surface area contributed by atoms with E-state index in [1.165, 1.54) is 49.1 Å². The van der Waals surface area contributed by atoms with Crippen molar-refractivity contribution in [3.63, 3.8) is 0 Å². The summed E-state index contributed by atoms with van der Waals surface area (Å²) in [5.41, 5.74) is 2.77. The van der Waals surface area contributed by atoms with Crippen molar-refractivity contribution in [2.24, 2.45) is 0 Å². The molecular weight excluding hydrogens is 511 g/mol. The van der Waals surface area contributed by atoms with Crippen LogP contribution in [-0.4, -0.2) is 20.3 Å². The molecule has 0 aromatic heterocycles. The molecule has 149 valence electrons. The molecule has 0 amide bonds. The van der Waals surface area contributed by atoms with Crippen molar-refractivity contribution in [2.45, 2.75) is 39.0 Å². The standard InChI is InChI=1S/C23H25OSi2.2ClH.Zr/c1-5-25(2,3)26(4)22-18-14-16-12-8-9-13-17(16)20(18)19(23(26)21(22)24)15-10-6-7-11-15;;;/h6-10,12-14,24H,5,11H2,1-4H3;2*1H;/q-1;;;+3/p-2. The van der Waals surface area contributed by atoms with Gasteiger partial charge in [-0.25, -0.2) is 0 Å². The summed E-state index contributed by atoms with van der Waals surface area (Å²) < 4.78 is 0. The third-order valence-corrected chi connectivity index (χ3v) is 25.5. The molecule has 3 aliphatic rings. The molecular formula is C23H25Cl2OSi2Zr. The number of rotatable bonds is 3. The van der Waals surface area contributed by atoms with Gasteiger partial charge in [0.05, 0.1) is 13.3 Å². The Morgan fingerprint density at radius 3 is 2.45 bits per heavy atom. The maximum Gasteiger partial charge on any atom is 3.00 e. The van der Waals surface area contributed by atoms with Crippen LogP contribution >= 0.6 is 0 Å². The molecule has 2 aliphatic heterocycles. The minimum absolute atomic E-state index is 0. The van der Waals surface area contributed by atoms with Crippen molar-refractivity contribution in [3.8, 4) is 5.75 Å². The van der Waals surface area contributed by atoms with Gasteiger partial charge >= 0.3 is 26.2 Å². The maximum absolute atomic E-state index is 11.2. The van der Waals surface area contributed by atoms with Crippen LogP contribution in [0.1, 0.15) is 18.9 Å². The molecule has 0 saturated carbocycles. The third-order valence-electron chi connectivity index (χ3n) is 7.37. The van der Waals surface area contributed by atoms with Crippen LogP contribution < -0.4 is 35.2 Å². The molecule has 3 aromatic carbocycles. The van der Waals surface area contributed by atoms with Crippen LogP contribution in [0.2, 0.25) is 25.7 Å². The molecule has 2 heterocycles. The summed E-state index contributed by atoms with van der Waals surface area (Å²) >= 11 is 0. The molecule has 1 radical (unpaired) electrons. The molecule has 6 heteroatoms. The Kier molecular flexibility index (Phi) is 7.00. The van der Waals surface area contributed by atoms with Crippen molar-refractivity contribution >= 4 is 52.7 Å². The first kappa shape index (κ1) is 24.8. The third kappa shape index (κ3) is 2.97. The summed E-state index contributed by atoms with van der Waals surface area (Å²) in [7, 11) is -3.25. The van der Waals surface area contributed by atoms with Gasteiger partial charge in [0, 0.05) is 7.59 Å². The Balaban J connectivity index is 0.000001000. The van der Waals surface area contributed by atoms with Crippen molar-refractivity contribution in [1.82, 2.24) is 0 Å². The molecule has 0 spiro atoms. The van der Waals surface area contributed by atoms with E-state index in [-0.39, 0.29) is 51.0 Å². The topological polar surface area (TPSA) is 20.2 Å². The van der Waals surface area contributed by atoms with E-state index >= 15 is 0 Å². The van der Waals surface area contributed by atoms with Crippen LogP contribution in [0.5, 0.6) is 5.75 Å². The van der Waals surface area contributed by atoms with Gasteiger partial charge in [0.2, 0.25) is 0 Å². The SMILES string of the molecule is CC[Si](C)(C)[Si]1(C)c2c(O)c1c1[cH-]c3ccccc3c1c2C1=CC=CC1.[Cl-].[Cl-].[Zr+3]. The molecule has 3 aromatic rings. The zero-order chi connectivity index (χ0) is 18.3. The minimum Gasteiger partial charge on any atom is -1.00 e. The fourth-order valence-corrected chi connectivity index (χ4v) is 17.7. The Morgan fingerprint density at radius 1 is 1.14 bits per heavy atom. The molecule has 29 heavy (non-hydrogen) atoms. The van der Waals surface area contributed by atoms with Crippen LogP contribution in [-0.2, 0) is 26.2 Å². The minimum atomic E-state index is -1.80. The van der Waals surface area contributed by atoms with Crippen LogP contribution in [0.25, 0.3) is 27.1 Å². The number of fused-ring (bicyclic) bond motifs is 1. The summed E-state index contributed by atoms with van der Waals surface area (Å²) in [5, 5.41) is 19.3. The Labute approximate surface area is 206 Å². The average molecular weight is 536 g/mol. The molecule has 6 rings (SSSR count). The molecule has 0 fully saturated rings. The van der Waals surface area contributed by atoms with Crippen LogP contribution in [0, 0.1) is 0 Å². The molecule has 1 nitrogen and oxygen atoms in total. The summed E-state index contributed by atoms with van der Waals surface area (Å²) in [6.45, 7) is 9.97. The van der Waals surface area contributed by atoms with Gasteiger partial charge in [0.1, 0.15) is 0 Å². The Bertz CT molecular complexity index is 1160. The molecule has 1 aliphatic carbocycles. The molecule has 1 atom stereocenters. The van der Waals surface area contributed by atoms with E-state index in [0.29, 0.717) is 5.75 Å². The number of phenolic OH excluding ortho intramolecular Hbond substituents is 1. The van der Waals surface area contributed by atoms with E-state index in [1.807, 2.05) is 0 Å². The number of phenols is 1. The normalized spacial score (nSPS) is 19.2. The Hall–Kier alpha value is -0.513. The number of hydrogen-bond donors (Lipinski definition) is 1. The van der Waals surface area contributed by atoms with Gasteiger partial charge in [-0.3, -0.25) is 0 Å². The van der Waals surface area contributed by atoms with Crippen molar-refractivity contribution in [2.75, 3.05) is 0 Å². The second kappa shape index (κ2) is 8.20. The van der Waals surface area contributed by atoms with E-state index in [4.69, 9.17) is 0 Å². The Morgan fingerprint density at radius 2 is 1.83 bits per heavy atom. The first-order valence-electron chi connectivity index (χ1n) is 9.66. The molecule has 1 N–H and O–H groups in total.